The molecule has 27 heavy (non-hydrogen) atoms. The maximum Gasteiger partial charge on any atom is 0.462 e. The van der Waals surface area contributed by atoms with Crippen LogP contribution in [-0.2, 0) is 23.8 Å². The van der Waals surface area contributed by atoms with E-state index >= 15 is 8.78 Å². The van der Waals surface area contributed by atoms with Gasteiger partial charge in [0.1, 0.15) is 0 Å². The third-order valence-electron chi connectivity index (χ3n) is 5.50. The average molecular weight is 398 g/mol. The number of carbonyl (C=O) groups is 2. The third kappa shape index (κ3) is 3.11. The lowest BCUT2D eigenvalue weighted by molar-refractivity contribution is -0.463. The molecule has 1 saturated carbocycles. The van der Waals surface area contributed by atoms with E-state index in [2.05, 4.69) is 14.2 Å². The van der Waals surface area contributed by atoms with Gasteiger partial charge in [-0.2, -0.15) is 22.0 Å². The molecule has 0 radical (unpaired) electrons. The van der Waals surface area contributed by atoms with Gasteiger partial charge in [0, 0.05) is 19.8 Å². The zero-order valence-corrected chi connectivity index (χ0v) is 14.6. The summed E-state index contributed by atoms with van der Waals surface area (Å²) in [6.07, 6.45) is -3.16. The highest BCUT2D eigenvalue weighted by Gasteiger charge is 2.81. The van der Waals surface area contributed by atoms with E-state index in [1.54, 1.807) is 0 Å². The Morgan fingerprint density at radius 1 is 1.07 bits per heavy atom. The summed E-state index contributed by atoms with van der Waals surface area (Å²) in [6, 6.07) is 0. The molecule has 2 fully saturated rings. The third-order valence-corrected chi connectivity index (χ3v) is 5.50. The van der Waals surface area contributed by atoms with Crippen LogP contribution in [0.25, 0.3) is 0 Å². The number of hydrogen-bond acceptors (Lipinski definition) is 5. The Labute approximate surface area is 151 Å². The van der Waals surface area contributed by atoms with Gasteiger partial charge in [-0.1, -0.05) is 12.2 Å². The topological polar surface area (TPSA) is 61.8 Å². The van der Waals surface area contributed by atoms with Gasteiger partial charge in [0.15, 0.2) is 6.10 Å². The van der Waals surface area contributed by atoms with Crippen molar-refractivity contribution in [3.63, 3.8) is 0 Å². The highest BCUT2D eigenvalue weighted by atomic mass is 19.4. The van der Waals surface area contributed by atoms with Gasteiger partial charge in [0.2, 0.25) is 0 Å². The van der Waals surface area contributed by atoms with E-state index in [-0.39, 0.29) is 11.8 Å². The van der Waals surface area contributed by atoms with Crippen LogP contribution in [0.5, 0.6) is 0 Å². The highest BCUT2D eigenvalue weighted by molar-refractivity contribution is 5.67. The number of esters is 2. The zero-order chi connectivity index (χ0) is 20.2. The van der Waals surface area contributed by atoms with Crippen LogP contribution in [0.15, 0.2) is 12.2 Å². The number of rotatable bonds is 3. The maximum absolute atomic E-state index is 15.1. The predicted molar refractivity (Wildman–Crippen MR) is 79.3 cm³/mol. The highest BCUT2D eigenvalue weighted by Crippen LogP contribution is 2.57. The summed E-state index contributed by atoms with van der Waals surface area (Å²) in [6.45, 7) is 0.632. The average Bonchev–Trinajstić information content (AvgIpc) is 3.12. The summed E-state index contributed by atoms with van der Waals surface area (Å²) in [5, 5.41) is 0. The van der Waals surface area contributed by atoms with Crippen LogP contribution in [-0.4, -0.2) is 42.5 Å². The zero-order valence-electron chi connectivity index (χ0n) is 14.6. The van der Waals surface area contributed by atoms with Gasteiger partial charge >= 0.3 is 29.8 Å². The molecular weight excluding hydrogens is 379 g/mol. The Morgan fingerprint density at radius 2 is 1.74 bits per heavy atom. The van der Waals surface area contributed by atoms with Crippen LogP contribution in [0.4, 0.5) is 22.0 Å². The van der Waals surface area contributed by atoms with Crippen LogP contribution < -0.4 is 0 Å². The van der Waals surface area contributed by atoms with Crippen molar-refractivity contribution in [2.45, 2.75) is 50.7 Å². The lowest BCUT2D eigenvalue weighted by Crippen LogP contribution is -2.72. The summed E-state index contributed by atoms with van der Waals surface area (Å²) in [5.74, 6) is -13.6. The quantitative estimate of drug-likeness (QED) is 0.415. The molecule has 10 heteroatoms. The fourth-order valence-corrected chi connectivity index (χ4v) is 4.49. The predicted octanol–water partition coefficient (Wildman–Crippen LogP) is 3.23. The van der Waals surface area contributed by atoms with Gasteiger partial charge in [-0.15, -0.1) is 0 Å². The van der Waals surface area contributed by atoms with E-state index < -0.39 is 54.4 Å². The minimum Gasteiger partial charge on any atom is -0.455 e. The molecule has 152 valence electrons. The molecule has 0 aromatic carbocycles. The molecule has 6 unspecified atom stereocenters. The van der Waals surface area contributed by atoms with Crippen LogP contribution >= 0.6 is 0 Å². The smallest absolute Gasteiger partial charge is 0.455 e. The number of allylic oxidation sites excluding steroid dienone is 2. The van der Waals surface area contributed by atoms with E-state index in [4.69, 9.17) is 0 Å². The second-order valence-electron chi connectivity index (χ2n) is 7.28. The molecule has 2 bridgehead atoms. The van der Waals surface area contributed by atoms with Crippen LogP contribution in [0.3, 0.4) is 0 Å². The minimum absolute atomic E-state index is 0.0930. The van der Waals surface area contributed by atoms with Crippen molar-refractivity contribution in [2.75, 3.05) is 6.61 Å². The number of alkyl halides is 5. The van der Waals surface area contributed by atoms with E-state index in [1.807, 2.05) is 12.2 Å². The molecule has 2 aliphatic carbocycles. The minimum atomic E-state index is -5.74. The first-order valence-corrected chi connectivity index (χ1v) is 8.52. The lowest BCUT2D eigenvalue weighted by atomic mass is 9.74. The maximum atomic E-state index is 15.1. The Bertz CT molecular complexity index is 661. The van der Waals surface area contributed by atoms with Crippen molar-refractivity contribution in [1.82, 2.24) is 0 Å². The van der Waals surface area contributed by atoms with E-state index in [0.29, 0.717) is 19.8 Å². The second kappa shape index (κ2) is 6.42. The Balaban J connectivity index is 2.01. The molecule has 0 amide bonds. The summed E-state index contributed by atoms with van der Waals surface area (Å²) >= 11 is 0. The van der Waals surface area contributed by atoms with Gasteiger partial charge in [0.25, 0.3) is 0 Å². The lowest BCUT2D eigenvalue weighted by Gasteiger charge is -2.50. The van der Waals surface area contributed by atoms with Crippen molar-refractivity contribution in [3.05, 3.63) is 12.2 Å². The number of hydrogen-bond donors (Lipinski definition) is 0. The van der Waals surface area contributed by atoms with E-state index in [9.17, 15) is 22.8 Å². The summed E-state index contributed by atoms with van der Waals surface area (Å²) in [4.78, 5) is 22.6. The Hall–Kier alpha value is -1.71. The van der Waals surface area contributed by atoms with Crippen LogP contribution in [0, 0.1) is 23.7 Å². The normalized spacial score (nSPS) is 40.0. The molecule has 0 aromatic rings. The molecule has 1 heterocycles. The summed E-state index contributed by atoms with van der Waals surface area (Å²) in [5.41, 5.74) is 0. The van der Waals surface area contributed by atoms with Gasteiger partial charge < -0.3 is 14.2 Å². The van der Waals surface area contributed by atoms with Crippen LogP contribution in [0.2, 0.25) is 0 Å². The largest absolute Gasteiger partial charge is 0.462 e. The first kappa shape index (κ1) is 20.0. The fraction of sp³-hybridized carbons (Fsp3) is 0.765. The van der Waals surface area contributed by atoms with Crippen molar-refractivity contribution >= 4 is 11.9 Å². The fourth-order valence-electron chi connectivity index (χ4n) is 4.49. The van der Waals surface area contributed by atoms with E-state index in [0.717, 1.165) is 6.92 Å². The number of halogens is 5. The Kier molecular flexibility index (Phi) is 4.77. The molecule has 0 aromatic heterocycles. The molecule has 0 N–H and O–H groups in total. The van der Waals surface area contributed by atoms with Crippen LogP contribution in [0.1, 0.15) is 26.7 Å². The van der Waals surface area contributed by atoms with Gasteiger partial charge in [-0.3, -0.25) is 9.59 Å². The molecule has 6 atom stereocenters. The van der Waals surface area contributed by atoms with E-state index in [1.165, 1.54) is 0 Å². The van der Waals surface area contributed by atoms with Crippen molar-refractivity contribution < 1.29 is 45.8 Å². The molecule has 1 saturated heterocycles. The molecular formula is C17H19F5O5. The Morgan fingerprint density at radius 3 is 2.19 bits per heavy atom. The van der Waals surface area contributed by atoms with Crippen molar-refractivity contribution in [3.8, 4) is 0 Å². The first-order chi connectivity index (χ1) is 12.4. The first-order valence-electron chi connectivity index (χ1n) is 8.52. The standard InChI is InChI=1S/C17H19F5O5/c1-8(23)26-14-13(12-6-10-3-4-11(12)5-10)7-25-16(15(14,18)19,17(20,21)22)27-9(2)24/h3-4,10-14H,5-7H2,1-2H3. The van der Waals surface area contributed by atoms with Crippen molar-refractivity contribution in [1.29, 1.82) is 0 Å². The summed E-state index contributed by atoms with van der Waals surface area (Å²) < 4.78 is 84.3. The van der Waals surface area contributed by atoms with Gasteiger partial charge in [0.05, 0.1) is 6.61 Å². The molecule has 5 nitrogen and oxygen atoms in total. The SMILES string of the molecule is CC(=O)OC1C(C2CC3C=CC2C3)COC(OC(C)=O)(C(F)(F)F)C1(F)F. The van der Waals surface area contributed by atoms with Gasteiger partial charge in [-0.25, -0.2) is 0 Å². The number of carbonyl (C=O) groups excluding carboxylic acids is 2. The number of ether oxygens (including phenoxy) is 3. The summed E-state index contributed by atoms with van der Waals surface area (Å²) in [7, 11) is 0. The monoisotopic (exact) mass is 398 g/mol. The molecule has 0 spiro atoms. The van der Waals surface area contributed by atoms with Gasteiger partial charge in [-0.05, 0) is 30.6 Å². The molecule has 3 rings (SSSR count). The van der Waals surface area contributed by atoms with Crippen molar-refractivity contribution in [2.24, 2.45) is 23.7 Å². The molecule has 1 aliphatic heterocycles. The second-order valence-corrected chi connectivity index (χ2v) is 7.28. The number of fused-ring (bicyclic) bond motifs is 2. The molecule has 3 aliphatic rings.